The Morgan fingerprint density at radius 1 is 1.00 bits per heavy atom. The first-order valence-electron chi connectivity index (χ1n) is 9.84. The lowest BCUT2D eigenvalue weighted by Gasteiger charge is -2.26. The van der Waals surface area contributed by atoms with E-state index in [0.717, 1.165) is 63.2 Å². The zero-order valence-corrected chi connectivity index (χ0v) is 16.6. The van der Waals surface area contributed by atoms with Gasteiger partial charge in [-0.05, 0) is 23.3 Å². The molecule has 0 aromatic heterocycles. The predicted octanol–water partition coefficient (Wildman–Crippen LogP) is 2.26. The second-order valence-corrected chi connectivity index (χ2v) is 6.72. The van der Waals surface area contributed by atoms with Gasteiger partial charge in [0, 0.05) is 39.8 Å². The van der Waals surface area contributed by atoms with E-state index in [9.17, 15) is 0 Å². The molecule has 0 bridgehead atoms. The minimum absolute atomic E-state index is 0.572. The molecule has 1 fully saturated rings. The first-order valence-corrected chi connectivity index (χ1v) is 9.84. The number of aliphatic imine (C=N–C) groups is 1. The van der Waals surface area contributed by atoms with Gasteiger partial charge in [-0.1, -0.05) is 42.5 Å². The molecule has 0 saturated carbocycles. The zero-order chi connectivity index (χ0) is 19.4. The SMILES string of the molecule is CN=C(NCCN1CCOCC1)NCc1ccc(COc2ccccc2)cc1. The second-order valence-electron chi connectivity index (χ2n) is 6.72. The van der Waals surface area contributed by atoms with Crippen molar-refractivity contribution in [1.82, 2.24) is 15.5 Å². The van der Waals surface area contributed by atoms with Gasteiger partial charge in [0.05, 0.1) is 13.2 Å². The molecule has 0 atom stereocenters. The molecule has 150 valence electrons. The van der Waals surface area contributed by atoms with E-state index in [4.69, 9.17) is 9.47 Å². The molecular weight excluding hydrogens is 352 g/mol. The summed E-state index contributed by atoms with van der Waals surface area (Å²) < 4.78 is 11.2. The highest BCUT2D eigenvalue weighted by atomic mass is 16.5. The van der Waals surface area contributed by atoms with Gasteiger partial charge in [0.1, 0.15) is 12.4 Å². The maximum atomic E-state index is 5.79. The van der Waals surface area contributed by atoms with E-state index in [-0.39, 0.29) is 0 Å². The van der Waals surface area contributed by atoms with Crippen molar-refractivity contribution in [2.24, 2.45) is 4.99 Å². The number of morpholine rings is 1. The number of benzene rings is 2. The number of para-hydroxylation sites is 1. The van der Waals surface area contributed by atoms with Crippen molar-refractivity contribution in [3.8, 4) is 5.75 Å². The molecule has 0 radical (unpaired) electrons. The van der Waals surface area contributed by atoms with Gasteiger partial charge in [0.2, 0.25) is 0 Å². The van der Waals surface area contributed by atoms with Crippen LogP contribution in [0, 0.1) is 0 Å². The third-order valence-corrected chi connectivity index (χ3v) is 4.68. The Hall–Kier alpha value is -2.57. The summed E-state index contributed by atoms with van der Waals surface area (Å²) in [4.78, 5) is 6.70. The van der Waals surface area contributed by atoms with Gasteiger partial charge in [-0.25, -0.2) is 0 Å². The lowest BCUT2D eigenvalue weighted by molar-refractivity contribution is 0.0389. The van der Waals surface area contributed by atoms with Crippen molar-refractivity contribution >= 4 is 5.96 Å². The van der Waals surface area contributed by atoms with Crippen molar-refractivity contribution in [3.05, 3.63) is 65.7 Å². The fourth-order valence-corrected chi connectivity index (χ4v) is 3.00. The summed E-state index contributed by atoms with van der Waals surface area (Å²) in [5.41, 5.74) is 2.36. The lowest BCUT2D eigenvalue weighted by atomic mass is 10.1. The van der Waals surface area contributed by atoms with E-state index in [1.807, 2.05) is 30.3 Å². The first-order chi connectivity index (χ1) is 13.8. The average molecular weight is 383 g/mol. The van der Waals surface area contributed by atoms with Crippen LogP contribution in [-0.4, -0.2) is 57.3 Å². The van der Waals surface area contributed by atoms with Crippen molar-refractivity contribution in [1.29, 1.82) is 0 Å². The Balaban J connectivity index is 1.36. The minimum Gasteiger partial charge on any atom is -0.489 e. The number of ether oxygens (including phenoxy) is 2. The lowest BCUT2D eigenvalue weighted by Crippen LogP contribution is -2.44. The monoisotopic (exact) mass is 382 g/mol. The Morgan fingerprint density at radius 3 is 2.43 bits per heavy atom. The van der Waals surface area contributed by atoms with Gasteiger partial charge in [0.15, 0.2) is 5.96 Å². The van der Waals surface area contributed by atoms with Crippen molar-refractivity contribution in [2.45, 2.75) is 13.2 Å². The third-order valence-electron chi connectivity index (χ3n) is 4.68. The topological polar surface area (TPSA) is 58.1 Å². The highest BCUT2D eigenvalue weighted by molar-refractivity contribution is 5.79. The van der Waals surface area contributed by atoms with E-state index in [1.165, 1.54) is 5.56 Å². The summed E-state index contributed by atoms with van der Waals surface area (Å²) in [6, 6.07) is 18.3. The summed E-state index contributed by atoms with van der Waals surface area (Å²) in [5.74, 6) is 1.71. The molecule has 0 amide bonds. The van der Waals surface area contributed by atoms with E-state index in [0.29, 0.717) is 6.61 Å². The zero-order valence-electron chi connectivity index (χ0n) is 16.6. The normalized spacial score (nSPS) is 15.2. The van der Waals surface area contributed by atoms with Crippen LogP contribution in [0.25, 0.3) is 0 Å². The smallest absolute Gasteiger partial charge is 0.191 e. The number of hydrogen-bond acceptors (Lipinski definition) is 4. The summed E-state index contributed by atoms with van der Waals surface area (Å²) in [7, 11) is 1.80. The Morgan fingerprint density at radius 2 is 1.71 bits per heavy atom. The largest absolute Gasteiger partial charge is 0.489 e. The van der Waals surface area contributed by atoms with E-state index >= 15 is 0 Å². The van der Waals surface area contributed by atoms with Gasteiger partial charge in [0.25, 0.3) is 0 Å². The average Bonchev–Trinajstić information content (AvgIpc) is 2.77. The highest BCUT2D eigenvalue weighted by Gasteiger charge is 2.09. The van der Waals surface area contributed by atoms with Crippen LogP contribution in [-0.2, 0) is 17.9 Å². The van der Waals surface area contributed by atoms with E-state index < -0.39 is 0 Å². The highest BCUT2D eigenvalue weighted by Crippen LogP contribution is 2.12. The first kappa shape index (κ1) is 20.2. The van der Waals surface area contributed by atoms with Gasteiger partial charge in [-0.2, -0.15) is 0 Å². The number of rotatable bonds is 8. The molecule has 6 nitrogen and oxygen atoms in total. The molecule has 0 aliphatic carbocycles. The maximum Gasteiger partial charge on any atom is 0.191 e. The van der Waals surface area contributed by atoms with Crippen LogP contribution >= 0.6 is 0 Å². The summed E-state index contributed by atoms with van der Waals surface area (Å²) in [6.07, 6.45) is 0. The molecule has 1 aliphatic rings. The van der Waals surface area contributed by atoms with Gasteiger partial charge in [-0.15, -0.1) is 0 Å². The van der Waals surface area contributed by atoms with Gasteiger partial charge in [-0.3, -0.25) is 9.89 Å². The summed E-state index contributed by atoms with van der Waals surface area (Å²) in [6.45, 7) is 6.86. The summed E-state index contributed by atoms with van der Waals surface area (Å²) >= 11 is 0. The van der Waals surface area contributed by atoms with Crippen molar-refractivity contribution < 1.29 is 9.47 Å². The third kappa shape index (κ3) is 6.87. The molecule has 1 aliphatic heterocycles. The Kier molecular flexibility index (Phi) is 8.15. The van der Waals surface area contributed by atoms with Crippen LogP contribution in [0.3, 0.4) is 0 Å². The molecule has 2 aromatic rings. The van der Waals surface area contributed by atoms with E-state index in [1.54, 1.807) is 7.05 Å². The van der Waals surface area contributed by atoms with Gasteiger partial charge >= 0.3 is 0 Å². The minimum atomic E-state index is 0.572. The fraction of sp³-hybridized carbons (Fsp3) is 0.409. The number of nitrogens with zero attached hydrogens (tertiary/aromatic N) is 2. The van der Waals surface area contributed by atoms with Crippen LogP contribution in [0.5, 0.6) is 5.75 Å². The molecule has 2 aromatic carbocycles. The molecule has 1 heterocycles. The molecule has 28 heavy (non-hydrogen) atoms. The number of guanidine groups is 1. The fourth-order valence-electron chi connectivity index (χ4n) is 3.00. The molecule has 2 N–H and O–H groups in total. The quantitative estimate of drug-likeness (QED) is 0.542. The van der Waals surface area contributed by atoms with Crippen LogP contribution in [0.15, 0.2) is 59.6 Å². The van der Waals surface area contributed by atoms with E-state index in [2.05, 4.69) is 44.8 Å². The number of hydrogen-bond donors (Lipinski definition) is 2. The van der Waals surface area contributed by atoms with Crippen molar-refractivity contribution in [2.75, 3.05) is 46.4 Å². The predicted molar refractivity (Wildman–Crippen MR) is 113 cm³/mol. The standard InChI is InChI=1S/C22H30N4O2/c1-23-22(24-11-12-26-13-15-27-16-14-26)25-17-19-7-9-20(10-8-19)18-28-21-5-3-2-4-6-21/h2-10H,11-18H2,1H3,(H2,23,24,25). The number of nitrogens with one attached hydrogen (secondary N) is 2. The second kappa shape index (κ2) is 11.3. The van der Waals surface area contributed by atoms with Crippen molar-refractivity contribution in [3.63, 3.8) is 0 Å². The van der Waals surface area contributed by atoms with Gasteiger partial charge < -0.3 is 20.1 Å². The van der Waals surface area contributed by atoms with Crippen LogP contribution in [0.1, 0.15) is 11.1 Å². The molecule has 1 saturated heterocycles. The van der Waals surface area contributed by atoms with Crippen LogP contribution in [0.4, 0.5) is 0 Å². The van der Waals surface area contributed by atoms with Crippen LogP contribution in [0.2, 0.25) is 0 Å². The molecule has 0 spiro atoms. The summed E-state index contributed by atoms with van der Waals surface area (Å²) in [5, 5.41) is 6.74. The molecule has 0 unspecified atom stereocenters. The maximum absolute atomic E-state index is 5.79. The molecule has 3 rings (SSSR count). The molecular formula is C22H30N4O2. The Labute approximate surface area is 167 Å². The molecule has 6 heteroatoms. The van der Waals surface area contributed by atoms with Crippen LogP contribution < -0.4 is 15.4 Å². The Bertz CT molecular complexity index is 713.